The molecule has 0 N–H and O–H groups in total. The van der Waals surface area contributed by atoms with Gasteiger partial charge in [0.2, 0.25) is 0 Å². The smallest absolute Gasteiger partial charge is 0.173 e. The van der Waals surface area contributed by atoms with E-state index in [0.717, 1.165) is 24.8 Å². The Balaban J connectivity index is 2.82. The van der Waals surface area contributed by atoms with E-state index < -0.39 is 11.4 Å². The highest BCUT2D eigenvalue weighted by Crippen LogP contribution is 2.41. The van der Waals surface area contributed by atoms with Crippen molar-refractivity contribution in [3.8, 4) is 17.0 Å². The van der Waals surface area contributed by atoms with Crippen molar-refractivity contribution in [3.63, 3.8) is 0 Å². The van der Waals surface area contributed by atoms with E-state index in [2.05, 4.69) is 40.7 Å². The lowest BCUT2D eigenvalue weighted by Crippen LogP contribution is -2.46. The zero-order chi connectivity index (χ0) is 25.0. The Labute approximate surface area is 203 Å². The topological polar surface area (TPSA) is 39.2 Å². The highest BCUT2D eigenvalue weighted by Gasteiger charge is 2.39. The van der Waals surface area contributed by atoms with Crippen LogP contribution in [0.5, 0.6) is 5.75 Å². The highest BCUT2D eigenvalue weighted by atomic mass is 35.5. The van der Waals surface area contributed by atoms with Crippen LogP contribution in [-0.4, -0.2) is 16.4 Å². The minimum Gasteiger partial charge on any atom is -0.477 e. The number of rotatable bonds is 9. The molecule has 0 bridgehead atoms. The number of halogens is 2. The fourth-order valence-corrected chi connectivity index (χ4v) is 3.73. The van der Waals surface area contributed by atoms with E-state index in [9.17, 15) is 9.18 Å². The number of pyridine rings is 1. The van der Waals surface area contributed by atoms with E-state index >= 15 is 0 Å². The average Bonchev–Trinajstić information content (AvgIpc) is 2.74. The maximum atomic E-state index is 14.2. The number of unbranched alkanes of at least 4 members (excludes halogenated alkanes) is 1. The van der Waals surface area contributed by atoms with Gasteiger partial charge in [-0.05, 0) is 56.4 Å². The van der Waals surface area contributed by atoms with Crippen molar-refractivity contribution in [3.05, 3.63) is 52.4 Å². The molecule has 0 aliphatic carbocycles. The Morgan fingerprint density at radius 1 is 1.21 bits per heavy atom. The number of carbonyl (C=O) groups excluding carboxylic acids is 1. The SMILES string of the molecule is CCC/C=C/c1nc(-c2ccc(Cl)c(F)c2)cc(C(C)(C)C)c1OC(C)(C(C)=O)C(C)CC. The van der Waals surface area contributed by atoms with Gasteiger partial charge in [-0.3, -0.25) is 4.79 Å². The number of allylic oxidation sites excluding steroid dienone is 1. The van der Waals surface area contributed by atoms with Crippen molar-refractivity contribution in [2.45, 2.75) is 85.7 Å². The summed E-state index contributed by atoms with van der Waals surface area (Å²) in [6, 6.07) is 6.64. The van der Waals surface area contributed by atoms with Gasteiger partial charge in [0.25, 0.3) is 0 Å². The van der Waals surface area contributed by atoms with Crippen LogP contribution in [0.4, 0.5) is 4.39 Å². The number of nitrogens with zero attached hydrogens (tertiary/aromatic N) is 1. The molecule has 0 aliphatic rings. The van der Waals surface area contributed by atoms with Gasteiger partial charge < -0.3 is 4.74 Å². The van der Waals surface area contributed by atoms with Crippen LogP contribution in [0.15, 0.2) is 30.3 Å². The second-order valence-corrected chi connectivity index (χ2v) is 10.3. The van der Waals surface area contributed by atoms with Crippen molar-refractivity contribution in [2.24, 2.45) is 5.92 Å². The van der Waals surface area contributed by atoms with E-state index in [4.69, 9.17) is 21.3 Å². The molecule has 2 atom stereocenters. The zero-order valence-electron chi connectivity index (χ0n) is 21.2. The van der Waals surface area contributed by atoms with Crippen LogP contribution in [0, 0.1) is 11.7 Å². The molecule has 2 unspecified atom stereocenters. The number of benzene rings is 1. The molecule has 0 saturated carbocycles. The molecule has 0 aliphatic heterocycles. The molecule has 1 aromatic carbocycles. The lowest BCUT2D eigenvalue weighted by Gasteiger charge is -2.36. The van der Waals surface area contributed by atoms with Crippen LogP contribution in [0.3, 0.4) is 0 Å². The number of carbonyl (C=O) groups is 1. The molecule has 0 saturated heterocycles. The molecule has 0 radical (unpaired) electrons. The van der Waals surface area contributed by atoms with Crippen molar-refractivity contribution in [2.75, 3.05) is 0 Å². The van der Waals surface area contributed by atoms with Gasteiger partial charge in [-0.1, -0.05) is 71.7 Å². The molecule has 1 heterocycles. The number of Topliss-reactive ketones (excluding diaryl/α,β-unsaturated/α-hetero) is 1. The third-order valence-corrected chi connectivity index (χ3v) is 6.63. The summed E-state index contributed by atoms with van der Waals surface area (Å²) in [7, 11) is 0. The third kappa shape index (κ3) is 6.23. The maximum absolute atomic E-state index is 14.2. The van der Waals surface area contributed by atoms with Gasteiger partial charge in [0.05, 0.1) is 10.7 Å². The number of ether oxygens (including phenoxy) is 1. The van der Waals surface area contributed by atoms with Crippen LogP contribution in [-0.2, 0) is 10.2 Å². The predicted octanol–water partition coefficient (Wildman–Crippen LogP) is 8.42. The number of ketones is 1. The summed E-state index contributed by atoms with van der Waals surface area (Å²) in [4.78, 5) is 17.6. The minimum absolute atomic E-state index is 0.0142. The summed E-state index contributed by atoms with van der Waals surface area (Å²) < 4.78 is 20.8. The quantitative estimate of drug-likeness (QED) is 0.366. The Kier molecular flexibility index (Phi) is 8.87. The Morgan fingerprint density at radius 2 is 1.88 bits per heavy atom. The number of hydrogen-bond acceptors (Lipinski definition) is 3. The summed E-state index contributed by atoms with van der Waals surface area (Å²) in [6.45, 7) is 15.9. The summed E-state index contributed by atoms with van der Waals surface area (Å²) >= 11 is 5.90. The first-order valence-electron chi connectivity index (χ1n) is 11.7. The van der Waals surface area contributed by atoms with Crippen molar-refractivity contribution >= 4 is 23.5 Å². The summed E-state index contributed by atoms with van der Waals surface area (Å²) in [5.41, 5.74) is 1.52. The fraction of sp³-hybridized carbons (Fsp3) is 0.500. The van der Waals surface area contributed by atoms with E-state index in [0.29, 0.717) is 22.7 Å². The first-order chi connectivity index (χ1) is 15.3. The molecule has 180 valence electrons. The molecule has 0 fully saturated rings. The second kappa shape index (κ2) is 10.8. The van der Waals surface area contributed by atoms with Crippen LogP contribution in [0.1, 0.15) is 85.9 Å². The highest BCUT2D eigenvalue weighted by molar-refractivity contribution is 6.30. The third-order valence-electron chi connectivity index (χ3n) is 6.32. The van der Waals surface area contributed by atoms with Crippen molar-refractivity contribution in [1.82, 2.24) is 4.98 Å². The molecular weight excluding hydrogens is 437 g/mol. The Morgan fingerprint density at radius 3 is 2.39 bits per heavy atom. The van der Waals surface area contributed by atoms with Gasteiger partial charge in [-0.15, -0.1) is 0 Å². The standard InChI is InChI=1S/C28H37ClFNO2/c1-9-11-12-13-24-26(33-28(8,19(4)32)18(3)10-2)21(27(5,6)7)17-25(31-24)20-14-15-22(29)23(30)16-20/h12-18H,9-11H2,1-8H3/b13-12+. The van der Waals surface area contributed by atoms with Crippen LogP contribution in [0.2, 0.25) is 5.02 Å². The molecule has 1 aromatic heterocycles. The summed E-state index contributed by atoms with van der Waals surface area (Å²) in [5.74, 6) is 0.105. The number of aromatic nitrogens is 1. The molecular formula is C28H37ClFNO2. The van der Waals surface area contributed by atoms with Crippen molar-refractivity contribution in [1.29, 1.82) is 0 Å². The Hall–Kier alpha value is -2.20. The average molecular weight is 474 g/mol. The molecule has 3 nitrogen and oxygen atoms in total. The van der Waals surface area contributed by atoms with Gasteiger partial charge in [0.1, 0.15) is 17.3 Å². The molecule has 2 rings (SSSR count). The Bertz CT molecular complexity index is 1030. The first kappa shape index (κ1) is 27.0. The maximum Gasteiger partial charge on any atom is 0.173 e. The normalized spacial score (nSPS) is 14.8. The van der Waals surface area contributed by atoms with Crippen LogP contribution < -0.4 is 4.74 Å². The van der Waals surface area contributed by atoms with Gasteiger partial charge in [0.15, 0.2) is 11.4 Å². The molecule has 0 amide bonds. The fourth-order valence-electron chi connectivity index (χ4n) is 3.62. The van der Waals surface area contributed by atoms with Gasteiger partial charge in [-0.25, -0.2) is 9.37 Å². The monoisotopic (exact) mass is 473 g/mol. The largest absolute Gasteiger partial charge is 0.477 e. The summed E-state index contributed by atoms with van der Waals surface area (Å²) in [5, 5.41) is 0.0728. The van der Waals surface area contributed by atoms with E-state index in [-0.39, 0.29) is 22.1 Å². The summed E-state index contributed by atoms with van der Waals surface area (Å²) in [6.07, 6.45) is 6.70. The predicted molar refractivity (Wildman–Crippen MR) is 136 cm³/mol. The van der Waals surface area contributed by atoms with Gasteiger partial charge >= 0.3 is 0 Å². The first-order valence-corrected chi connectivity index (χ1v) is 12.1. The number of hydrogen-bond donors (Lipinski definition) is 0. The van der Waals surface area contributed by atoms with E-state index in [1.807, 2.05) is 26.0 Å². The van der Waals surface area contributed by atoms with E-state index in [1.165, 1.54) is 12.1 Å². The lowest BCUT2D eigenvalue weighted by atomic mass is 9.83. The van der Waals surface area contributed by atoms with Gasteiger partial charge in [0, 0.05) is 17.0 Å². The van der Waals surface area contributed by atoms with Gasteiger partial charge in [-0.2, -0.15) is 0 Å². The van der Waals surface area contributed by atoms with Crippen molar-refractivity contribution < 1.29 is 13.9 Å². The molecule has 2 aromatic rings. The molecule has 5 heteroatoms. The van der Waals surface area contributed by atoms with Crippen LogP contribution >= 0.6 is 11.6 Å². The van der Waals surface area contributed by atoms with Crippen LogP contribution in [0.25, 0.3) is 17.3 Å². The minimum atomic E-state index is -0.988. The lowest BCUT2D eigenvalue weighted by molar-refractivity contribution is -0.135. The molecule has 0 spiro atoms. The molecule has 33 heavy (non-hydrogen) atoms. The zero-order valence-corrected chi connectivity index (χ0v) is 21.9. The second-order valence-electron chi connectivity index (χ2n) is 9.91. The van der Waals surface area contributed by atoms with E-state index in [1.54, 1.807) is 13.0 Å².